The number of para-hydroxylation sites is 1. The minimum Gasteiger partial charge on any atom is -0.496 e. The molecule has 6 nitrogen and oxygen atoms in total. The van der Waals surface area contributed by atoms with Crippen molar-refractivity contribution in [3.8, 4) is 28.4 Å². The minimum atomic E-state index is 0.751. The first kappa shape index (κ1) is 26.9. The molecular weight excluding hydrogens is 552 g/mol. The van der Waals surface area contributed by atoms with Crippen molar-refractivity contribution in [3.05, 3.63) is 132 Å². The van der Waals surface area contributed by atoms with E-state index in [2.05, 4.69) is 111 Å². The molecule has 6 aromatic rings. The summed E-state index contributed by atoms with van der Waals surface area (Å²) in [4.78, 5) is 7.81. The van der Waals surface area contributed by atoms with Crippen LogP contribution in [0.4, 0.5) is 5.69 Å². The van der Waals surface area contributed by atoms with Crippen LogP contribution in [0, 0.1) is 0 Å². The normalized spacial score (nSPS) is 13.5. The number of ether oxygens (including phenoxy) is 2. The monoisotopic (exact) mass is 583 g/mol. The predicted molar refractivity (Wildman–Crippen MR) is 174 cm³/mol. The molecule has 0 saturated carbocycles. The van der Waals surface area contributed by atoms with Gasteiger partial charge in [-0.2, -0.15) is 4.57 Å². The lowest BCUT2D eigenvalue weighted by molar-refractivity contribution is -0.656. The smallest absolute Gasteiger partial charge is 0.288 e. The molecule has 4 aromatic carbocycles. The third-order valence-corrected chi connectivity index (χ3v) is 9.03. The van der Waals surface area contributed by atoms with Crippen LogP contribution >= 0.6 is 11.8 Å². The lowest BCUT2D eigenvalue weighted by Gasteiger charge is -2.16. The Hall–Kier alpha value is -5.01. The zero-order valence-corrected chi connectivity index (χ0v) is 25.1. The maximum Gasteiger partial charge on any atom is 0.288 e. The molecule has 0 unspecified atom stereocenters. The van der Waals surface area contributed by atoms with Crippen LogP contribution in [0.25, 0.3) is 33.9 Å². The van der Waals surface area contributed by atoms with Crippen molar-refractivity contribution in [3.63, 3.8) is 0 Å². The fourth-order valence-electron chi connectivity index (χ4n) is 5.75. The van der Waals surface area contributed by atoms with Crippen LogP contribution in [0.15, 0.2) is 126 Å². The average Bonchev–Trinajstić information content (AvgIpc) is 3.70. The van der Waals surface area contributed by atoms with Crippen molar-refractivity contribution in [1.82, 2.24) is 9.55 Å². The molecule has 0 spiro atoms. The van der Waals surface area contributed by atoms with Gasteiger partial charge < -0.3 is 14.4 Å². The number of hydrogen-bond acceptors (Lipinski definition) is 5. The Bertz CT molecular complexity index is 1950. The molecule has 3 heterocycles. The second kappa shape index (κ2) is 11.3. The quantitative estimate of drug-likeness (QED) is 0.181. The summed E-state index contributed by atoms with van der Waals surface area (Å²) in [6.45, 7) is 0.751. The first-order chi connectivity index (χ1) is 21.1. The van der Waals surface area contributed by atoms with E-state index in [1.807, 2.05) is 36.9 Å². The summed E-state index contributed by atoms with van der Waals surface area (Å²) in [7, 11) is 5.52. The van der Waals surface area contributed by atoms with Crippen LogP contribution in [0.3, 0.4) is 0 Å². The Morgan fingerprint density at radius 1 is 0.860 bits per heavy atom. The third kappa shape index (κ3) is 4.91. The van der Waals surface area contributed by atoms with Gasteiger partial charge in [0.25, 0.3) is 5.82 Å². The number of anilines is 1. The van der Waals surface area contributed by atoms with Gasteiger partial charge in [-0.25, -0.2) is 9.55 Å². The van der Waals surface area contributed by atoms with Crippen molar-refractivity contribution >= 4 is 34.4 Å². The number of imidazole rings is 1. The van der Waals surface area contributed by atoms with Crippen LogP contribution in [0.2, 0.25) is 0 Å². The number of aromatic nitrogens is 3. The van der Waals surface area contributed by atoms with Crippen molar-refractivity contribution in [2.75, 3.05) is 26.2 Å². The molecule has 0 fully saturated rings. The van der Waals surface area contributed by atoms with Crippen LogP contribution in [-0.2, 0) is 6.54 Å². The van der Waals surface area contributed by atoms with Crippen LogP contribution in [0.5, 0.6) is 11.5 Å². The highest BCUT2D eigenvalue weighted by atomic mass is 32.2. The molecule has 7 heteroatoms. The van der Waals surface area contributed by atoms with Crippen LogP contribution < -0.4 is 18.9 Å². The number of methoxy groups -OCH3 is 2. The molecule has 0 bridgehead atoms. The Kier molecular flexibility index (Phi) is 7.09. The summed E-state index contributed by atoms with van der Waals surface area (Å²) in [5, 5.41) is 2.35. The molecule has 43 heavy (non-hydrogen) atoms. The Labute approximate surface area is 255 Å². The van der Waals surface area contributed by atoms with Gasteiger partial charge in [-0.05, 0) is 53.1 Å². The fraction of sp³-hybridized carbons (Fsp3) is 0.111. The largest absolute Gasteiger partial charge is 0.496 e. The summed E-state index contributed by atoms with van der Waals surface area (Å²) in [6, 6.07) is 33.9. The minimum absolute atomic E-state index is 0.751. The van der Waals surface area contributed by atoms with Gasteiger partial charge in [-0.3, -0.25) is 0 Å². The predicted octanol–water partition coefficient (Wildman–Crippen LogP) is 7.59. The van der Waals surface area contributed by atoms with E-state index < -0.39 is 0 Å². The summed E-state index contributed by atoms with van der Waals surface area (Å²) < 4.78 is 15.8. The van der Waals surface area contributed by atoms with Crippen molar-refractivity contribution in [1.29, 1.82) is 0 Å². The number of pyridine rings is 1. The van der Waals surface area contributed by atoms with Gasteiger partial charge in [0.05, 0.1) is 36.7 Å². The molecule has 2 aromatic heterocycles. The van der Waals surface area contributed by atoms with Gasteiger partial charge >= 0.3 is 0 Å². The third-order valence-electron chi connectivity index (χ3n) is 7.88. The van der Waals surface area contributed by atoms with Gasteiger partial charge in [0, 0.05) is 23.4 Å². The Morgan fingerprint density at radius 2 is 1.63 bits per heavy atom. The summed E-state index contributed by atoms with van der Waals surface area (Å²) >= 11 is 1.77. The number of hydrogen-bond donors (Lipinski definition) is 0. The highest BCUT2D eigenvalue weighted by Gasteiger charge is 2.26. The highest BCUT2D eigenvalue weighted by molar-refractivity contribution is 8.03. The second-order valence-corrected chi connectivity index (χ2v) is 11.4. The molecule has 0 N–H and O–H groups in total. The van der Waals surface area contributed by atoms with Gasteiger partial charge in [-0.1, -0.05) is 72.4 Å². The zero-order chi connectivity index (χ0) is 29.3. The maximum absolute atomic E-state index is 5.70. The van der Waals surface area contributed by atoms with E-state index in [-0.39, 0.29) is 0 Å². The number of fused-ring (bicyclic) bond motifs is 2. The fourth-order valence-corrected chi connectivity index (χ4v) is 6.90. The van der Waals surface area contributed by atoms with E-state index in [9.17, 15) is 0 Å². The van der Waals surface area contributed by atoms with E-state index in [0.29, 0.717) is 0 Å². The molecule has 0 atom stereocenters. The molecule has 7 rings (SSSR count). The first-order valence-electron chi connectivity index (χ1n) is 14.1. The number of rotatable bonds is 7. The van der Waals surface area contributed by atoms with E-state index in [4.69, 9.17) is 9.47 Å². The van der Waals surface area contributed by atoms with Crippen molar-refractivity contribution < 1.29 is 14.0 Å². The summed E-state index contributed by atoms with van der Waals surface area (Å²) in [6.07, 6.45) is 7.99. The molecule has 0 amide bonds. The number of benzene rings is 4. The number of nitrogens with zero attached hydrogens (tertiary/aromatic N) is 4. The topological polar surface area (TPSA) is 43.4 Å². The van der Waals surface area contributed by atoms with Crippen molar-refractivity contribution in [2.45, 2.75) is 11.4 Å². The molecular formula is C36H31N4O2S+. The van der Waals surface area contributed by atoms with E-state index in [1.165, 1.54) is 21.5 Å². The molecule has 212 valence electrons. The lowest BCUT2D eigenvalue weighted by Crippen LogP contribution is -2.40. The maximum atomic E-state index is 5.70. The van der Waals surface area contributed by atoms with Crippen LogP contribution in [0.1, 0.15) is 11.1 Å². The molecule has 1 aliphatic heterocycles. The zero-order valence-electron chi connectivity index (χ0n) is 24.3. The van der Waals surface area contributed by atoms with Gasteiger partial charge in [-0.15, -0.1) is 0 Å². The molecule has 1 aliphatic rings. The molecule has 0 saturated heterocycles. The Balaban J connectivity index is 1.33. The van der Waals surface area contributed by atoms with Crippen LogP contribution in [-0.4, -0.2) is 30.8 Å². The standard InChI is InChI=1S/C36H31N4O2S/c1-38-30-17-16-26(36-31(41-2)14-9-15-32(36)42-3)20-33(30)43-35(38)22-27-21-34(39-19-18-37-24-39)40(23-25-10-5-4-6-11-25)29-13-8-7-12-28(27)29/h4-22,24H,23H2,1-3H3/q+1. The second-order valence-electron chi connectivity index (χ2n) is 10.4. The van der Waals surface area contributed by atoms with E-state index in [1.54, 1.807) is 26.0 Å². The van der Waals surface area contributed by atoms with Gasteiger partial charge in [0.1, 0.15) is 29.8 Å². The highest BCUT2D eigenvalue weighted by Crippen LogP contribution is 2.49. The lowest BCUT2D eigenvalue weighted by atomic mass is 10.0. The van der Waals surface area contributed by atoms with Crippen molar-refractivity contribution in [2.24, 2.45) is 0 Å². The molecule has 0 radical (unpaired) electrons. The van der Waals surface area contributed by atoms with E-state index in [0.717, 1.165) is 51.1 Å². The Morgan fingerprint density at radius 3 is 2.37 bits per heavy atom. The average molecular weight is 584 g/mol. The first-order valence-corrected chi connectivity index (χ1v) is 14.9. The molecule has 0 aliphatic carbocycles. The summed E-state index contributed by atoms with van der Waals surface area (Å²) in [5.74, 6) is 2.64. The van der Waals surface area contributed by atoms with E-state index >= 15 is 0 Å². The SMILES string of the molecule is COc1cccc(OC)c1-c1ccc2c(c1)SC(=Cc1cc(-n3ccnc3)[n+](Cc3ccccc3)c3ccccc13)N2C. The number of thioether (sulfide) groups is 1. The van der Waals surface area contributed by atoms with Gasteiger partial charge in [0.15, 0.2) is 6.33 Å². The van der Waals surface area contributed by atoms with Gasteiger partial charge in [0.2, 0.25) is 0 Å². The summed E-state index contributed by atoms with van der Waals surface area (Å²) in [5.41, 5.74) is 6.75.